The van der Waals surface area contributed by atoms with Crippen molar-refractivity contribution in [1.82, 2.24) is 4.90 Å². The lowest BCUT2D eigenvalue weighted by Crippen LogP contribution is -2.25. The van der Waals surface area contributed by atoms with E-state index in [1.807, 2.05) is 0 Å². The van der Waals surface area contributed by atoms with Gasteiger partial charge < -0.3 is 4.90 Å². The molecule has 1 rings (SSSR count). The third kappa shape index (κ3) is 5.16. The van der Waals surface area contributed by atoms with Crippen molar-refractivity contribution < 1.29 is 9.31 Å². The van der Waals surface area contributed by atoms with Crippen LogP contribution in [-0.4, -0.2) is 35.2 Å². The first-order valence-corrected chi connectivity index (χ1v) is 7.46. The van der Waals surface area contributed by atoms with E-state index < -0.39 is 16.4 Å². The summed E-state index contributed by atoms with van der Waals surface area (Å²) in [5.74, 6) is 0.892. The van der Waals surface area contributed by atoms with Gasteiger partial charge in [-0.15, -0.1) is 0 Å². The van der Waals surface area contributed by atoms with Gasteiger partial charge in [0.2, 0.25) is 5.82 Å². The molecule has 0 radical (unpaired) electrons. The second kappa shape index (κ2) is 8.12. The van der Waals surface area contributed by atoms with Crippen molar-refractivity contribution in [2.75, 3.05) is 25.4 Å². The number of hydrogen-bond acceptors (Lipinski definition) is 4. The Labute approximate surface area is 117 Å². The first kappa shape index (κ1) is 15.9. The second-order valence-electron chi connectivity index (χ2n) is 4.12. The summed E-state index contributed by atoms with van der Waals surface area (Å²) < 4.78 is 13.4. The Morgan fingerprint density at radius 3 is 2.58 bits per heavy atom. The van der Waals surface area contributed by atoms with E-state index in [0.29, 0.717) is 5.75 Å². The fourth-order valence-electron chi connectivity index (χ4n) is 1.71. The molecule has 106 valence electrons. The van der Waals surface area contributed by atoms with Gasteiger partial charge in [-0.25, -0.2) is 0 Å². The normalized spacial score (nSPS) is 10.9. The van der Waals surface area contributed by atoms with Gasteiger partial charge in [-0.2, -0.15) is 16.2 Å². The largest absolute Gasteiger partial charge is 0.304 e. The average Bonchev–Trinajstić information content (AvgIpc) is 2.38. The number of thioether (sulfide) groups is 1. The SMILES string of the molecule is CCN(CC)CCSCc1ccc([N+](=O)[O-])c(F)c1. The number of halogens is 1. The van der Waals surface area contributed by atoms with E-state index in [0.717, 1.165) is 31.0 Å². The molecule has 0 spiro atoms. The van der Waals surface area contributed by atoms with Crippen LogP contribution in [-0.2, 0) is 5.75 Å². The fourth-order valence-corrected chi connectivity index (χ4v) is 2.66. The molecular weight excluding hydrogens is 267 g/mol. The van der Waals surface area contributed by atoms with Crippen LogP contribution in [0.5, 0.6) is 0 Å². The van der Waals surface area contributed by atoms with Crippen molar-refractivity contribution in [3.8, 4) is 0 Å². The van der Waals surface area contributed by atoms with Gasteiger partial charge >= 0.3 is 5.69 Å². The van der Waals surface area contributed by atoms with Crippen LogP contribution in [0.2, 0.25) is 0 Å². The van der Waals surface area contributed by atoms with Crippen LogP contribution >= 0.6 is 11.8 Å². The number of hydrogen-bond donors (Lipinski definition) is 0. The highest BCUT2D eigenvalue weighted by atomic mass is 32.2. The Hall–Kier alpha value is -1.14. The van der Waals surface area contributed by atoms with Gasteiger partial charge in [0.15, 0.2) is 0 Å². The third-order valence-corrected chi connectivity index (χ3v) is 3.93. The minimum Gasteiger partial charge on any atom is -0.303 e. The first-order valence-electron chi connectivity index (χ1n) is 6.31. The van der Waals surface area contributed by atoms with Gasteiger partial charge in [0, 0.05) is 24.1 Å². The van der Waals surface area contributed by atoms with E-state index in [1.165, 1.54) is 12.1 Å². The zero-order valence-corrected chi connectivity index (χ0v) is 12.1. The molecule has 0 N–H and O–H groups in total. The Bertz CT molecular complexity index is 425. The van der Waals surface area contributed by atoms with Crippen molar-refractivity contribution in [3.05, 3.63) is 39.7 Å². The van der Waals surface area contributed by atoms with E-state index in [-0.39, 0.29) is 0 Å². The molecule has 4 nitrogen and oxygen atoms in total. The number of benzene rings is 1. The first-order chi connectivity index (χ1) is 9.08. The van der Waals surface area contributed by atoms with E-state index >= 15 is 0 Å². The molecule has 0 heterocycles. The van der Waals surface area contributed by atoms with E-state index in [9.17, 15) is 14.5 Å². The van der Waals surface area contributed by atoms with Crippen molar-refractivity contribution in [1.29, 1.82) is 0 Å². The fraction of sp³-hybridized carbons (Fsp3) is 0.538. The maximum atomic E-state index is 13.4. The summed E-state index contributed by atoms with van der Waals surface area (Å²) >= 11 is 1.71. The summed E-state index contributed by atoms with van der Waals surface area (Å²) in [6.45, 7) is 7.32. The maximum Gasteiger partial charge on any atom is 0.304 e. The van der Waals surface area contributed by atoms with Crippen LogP contribution in [0.15, 0.2) is 18.2 Å². The highest BCUT2D eigenvalue weighted by Crippen LogP contribution is 2.20. The molecule has 0 fully saturated rings. The quantitative estimate of drug-likeness (QED) is 0.418. The van der Waals surface area contributed by atoms with E-state index in [2.05, 4.69) is 18.7 Å². The molecular formula is C13H19FN2O2S. The Morgan fingerprint density at radius 1 is 1.37 bits per heavy atom. The number of nitro benzene ring substituents is 1. The van der Waals surface area contributed by atoms with Crippen molar-refractivity contribution in [3.63, 3.8) is 0 Å². The number of rotatable bonds is 8. The lowest BCUT2D eigenvalue weighted by molar-refractivity contribution is -0.387. The standard InChI is InChI=1S/C13H19FN2O2S/c1-3-15(4-2)7-8-19-10-11-5-6-13(16(17)18)12(14)9-11/h5-6,9H,3-4,7-8,10H2,1-2H3. The van der Waals surface area contributed by atoms with Gasteiger partial charge in [0.1, 0.15) is 0 Å². The molecule has 0 aliphatic heterocycles. The molecule has 0 aliphatic carbocycles. The lowest BCUT2D eigenvalue weighted by Gasteiger charge is -2.17. The predicted molar refractivity (Wildman–Crippen MR) is 77.0 cm³/mol. The van der Waals surface area contributed by atoms with Crippen molar-refractivity contribution >= 4 is 17.4 Å². The summed E-state index contributed by atoms with van der Waals surface area (Å²) in [5.41, 5.74) is 0.324. The van der Waals surface area contributed by atoms with Gasteiger partial charge in [0.05, 0.1) is 4.92 Å². The van der Waals surface area contributed by atoms with Crippen molar-refractivity contribution in [2.24, 2.45) is 0 Å². The van der Waals surface area contributed by atoms with Crippen LogP contribution < -0.4 is 0 Å². The summed E-state index contributed by atoms with van der Waals surface area (Å²) in [6.07, 6.45) is 0. The zero-order chi connectivity index (χ0) is 14.3. The summed E-state index contributed by atoms with van der Waals surface area (Å²) in [4.78, 5) is 12.1. The van der Waals surface area contributed by atoms with Gasteiger partial charge in [-0.3, -0.25) is 10.1 Å². The predicted octanol–water partition coefficient (Wildman–Crippen LogP) is 3.31. The molecule has 0 aliphatic rings. The minimum atomic E-state index is -0.758. The third-order valence-electron chi connectivity index (χ3n) is 2.92. The topological polar surface area (TPSA) is 46.4 Å². The van der Waals surface area contributed by atoms with Crippen LogP contribution in [0.4, 0.5) is 10.1 Å². The molecule has 0 saturated carbocycles. The minimum absolute atomic E-state index is 0.461. The van der Waals surface area contributed by atoms with E-state index in [4.69, 9.17) is 0 Å². The van der Waals surface area contributed by atoms with Crippen LogP contribution in [0.3, 0.4) is 0 Å². The molecule has 0 amide bonds. The summed E-state index contributed by atoms with van der Waals surface area (Å²) in [7, 11) is 0. The smallest absolute Gasteiger partial charge is 0.303 e. The second-order valence-corrected chi connectivity index (χ2v) is 5.23. The molecule has 1 aromatic carbocycles. The Balaban J connectivity index is 2.42. The number of nitrogens with zero attached hydrogens (tertiary/aromatic N) is 2. The summed E-state index contributed by atoms with van der Waals surface area (Å²) in [6, 6.07) is 4.10. The van der Waals surface area contributed by atoms with Gasteiger partial charge in [-0.05, 0) is 24.7 Å². The Kier molecular flexibility index (Phi) is 6.80. The molecule has 0 aromatic heterocycles. The van der Waals surface area contributed by atoms with Crippen LogP contribution in [0, 0.1) is 15.9 Å². The molecule has 0 unspecified atom stereocenters. The molecule has 0 saturated heterocycles. The average molecular weight is 286 g/mol. The van der Waals surface area contributed by atoms with Crippen molar-refractivity contribution in [2.45, 2.75) is 19.6 Å². The Morgan fingerprint density at radius 2 is 2.05 bits per heavy atom. The highest BCUT2D eigenvalue weighted by Gasteiger charge is 2.13. The van der Waals surface area contributed by atoms with E-state index in [1.54, 1.807) is 17.8 Å². The zero-order valence-electron chi connectivity index (χ0n) is 11.3. The maximum absolute atomic E-state index is 13.4. The lowest BCUT2D eigenvalue weighted by atomic mass is 10.2. The number of nitro groups is 1. The van der Waals surface area contributed by atoms with Gasteiger partial charge in [-0.1, -0.05) is 19.9 Å². The highest BCUT2D eigenvalue weighted by molar-refractivity contribution is 7.98. The molecule has 6 heteroatoms. The monoisotopic (exact) mass is 286 g/mol. The molecule has 19 heavy (non-hydrogen) atoms. The van der Waals surface area contributed by atoms with Gasteiger partial charge in [0.25, 0.3) is 0 Å². The molecule has 0 bridgehead atoms. The molecule has 0 atom stereocenters. The molecule has 1 aromatic rings. The van der Waals surface area contributed by atoms with Crippen LogP contribution in [0.1, 0.15) is 19.4 Å². The van der Waals surface area contributed by atoms with Crippen LogP contribution in [0.25, 0.3) is 0 Å². The summed E-state index contributed by atoms with van der Waals surface area (Å²) in [5, 5.41) is 10.5.